The zero-order valence-corrected chi connectivity index (χ0v) is 12.2. The molecule has 4 nitrogen and oxygen atoms in total. The molecule has 0 aromatic heterocycles. The van der Waals surface area contributed by atoms with E-state index in [9.17, 15) is 12.8 Å². The zero-order chi connectivity index (χ0) is 14.6. The summed E-state index contributed by atoms with van der Waals surface area (Å²) in [5, 5.41) is 0. The van der Waals surface area contributed by atoms with Crippen molar-refractivity contribution in [1.29, 1.82) is 0 Å². The van der Waals surface area contributed by atoms with Gasteiger partial charge in [-0.25, -0.2) is 17.5 Å². The van der Waals surface area contributed by atoms with Crippen molar-refractivity contribution in [2.24, 2.45) is 11.7 Å². The SMILES string of the molecule is NCC(NS(=O)(=O)c1ccccc1F)C1CCCCC1. The first-order valence-electron chi connectivity index (χ1n) is 7.01. The molecule has 0 heterocycles. The van der Waals surface area contributed by atoms with Gasteiger partial charge in [-0.05, 0) is 30.9 Å². The van der Waals surface area contributed by atoms with Gasteiger partial charge in [-0.2, -0.15) is 0 Å². The van der Waals surface area contributed by atoms with Crippen LogP contribution in [-0.4, -0.2) is 21.0 Å². The molecule has 0 amide bonds. The van der Waals surface area contributed by atoms with E-state index >= 15 is 0 Å². The lowest BCUT2D eigenvalue weighted by Gasteiger charge is -2.29. The summed E-state index contributed by atoms with van der Waals surface area (Å²) < 4.78 is 40.7. The predicted molar refractivity (Wildman–Crippen MR) is 76.1 cm³/mol. The Morgan fingerprint density at radius 1 is 1.25 bits per heavy atom. The molecule has 1 unspecified atom stereocenters. The molecule has 1 saturated carbocycles. The third-order valence-corrected chi connectivity index (χ3v) is 5.43. The second-order valence-electron chi connectivity index (χ2n) is 5.29. The highest BCUT2D eigenvalue weighted by Gasteiger charge is 2.28. The molecule has 0 radical (unpaired) electrons. The van der Waals surface area contributed by atoms with Crippen LogP contribution in [0.25, 0.3) is 0 Å². The minimum absolute atomic E-state index is 0.234. The van der Waals surface area contributed by atoms with Gasteiger partial charge in [-0.1, -0.05) is 31.4 Å². The van der Waals surface area contributed by atoms with Gasteiger partial charge in [0.25, 0.3) is 0 Å². The van der Waals surface area contributed by atoms with E-state index in [2.05, 4.69) is 4.72 Å². The zero-order valence-electron chi connectivity index (χ0n) is 11.4. The van der Waals surface area contributed by atoms with E-state index in [-0.39, 0.29) is 23.4 Å². The second-order valence-corrected chi connectivity index (χ2v) is 6.97. The van der Waals surface area contributed by atoms with Gasteiger partial charge >= 0.3 is 0 Å². The topological polar surface area (TPSA) is 72.2 Å². The van der Waals surface area contributed by atoms with Gasteiger partial charge in [0.05, 0.1) is 0 Å². The minimum Gasteiger partial charge on any atom is -0.329 e. The molecule has 20 heavy (non-hydrogen) atoms. The lowest BCUT2D eigenvalue weighted by atomic mass is 9.84. The Hall–Kier alpha value is -0.980. The number of halogens is 1. The standard InChI is InChI=1S/C14H21FN2O2S/c15-12-8-4-5-9-14(12)20(18,19)17-13(10-16)11-6-2-1-3-7-11/h4-5,8-9,11,13,17H,1-3,6-7,10,16H2. The van der Waals surface area contributed by atoms with Crippen LogP contribution >= 0.6 is 0 Å². The van der Waals surface area contributed by atoms with Crippen molar-refractivity contribution in [2.75, 3.05) is 6.54 Å². The Morgan fingerprint density at radius 3 is 2.50 bits per heavy atom. The van der Waals surface area contributed by atoms with E-state index in [1.54, 1.807) is 0 Å². The fourth-order valence-corrected chi connectivity index (χ4v) is 4.20. The largest absolute Gasteiger partial charge is 0.329 e. The average molecular weight is 300 g/mol. The van der Waals surface area contributed by atoms with E-state index in [1.807, 2.05) is 0 Å². The van der Waals surface area contributed by atoms with E-state index in [0.717, 1.165) is 31.7 Å². The number of hydrogen-bond donors (Lipinski definition) is 2. The summed E-state index contributed by atoms with van der Waals surface area (Å²) in [4.78, 5) is -0.311. The second kappa shape index (κ2) is 6.65. The first kappa shape index (κ1) is 15.4. The number of nitrogens with two attached hydrogens (primary N) is 1. The first-order valence-corrected chi connectivity index (χ1v) is 8.50. The maximum absolute atomic E-state index is 13.6. The molecule has 1 fully saturated rings. The van der Waals surface area contributed by atoms with Crippen LogP contribution in [0.5, 0.6) is 0 Å². The van der Waals surface area contributed by atoms with Gasteiger partial charge in [-0.3, -0.25) is 0 Å². The number of sulfonamides is 1. The van der Waals surface area contributed by atoms with Crippen molar-refractivity contribution in [1.82, 2.24) is 4.72 Å². The molecule has 1 atom stereocenters. The van der Waals surface area contributed by atoms with Crippen LogP contribution in [-0.2, 0) is 10.0 Å². The summed E-state index contributed by atoms with van der Waals surface area (Å²) in [6, 6.07) is 5.07. The van der Waals surface area contributed by atoms with E-state index in [1.165, 1.54) is 24.6 Å². The molecule has 0 bridgehead atoms. The highest BCUT2D eigenvalue weighted by Crippen LogP contribution is 2.27. The molecule has 0 saturated heterocycles. The van der Waals surface area contributed by atoms with Crippen molar-refractivity contribution in [3.63, 3.8) is 0 Å². The molecule has 112 valence electrons. The normalized spacial score (nSPS) is 18.9. The fraction of sp³-hybridized carbons (Fsp3) is 0.571. The summed E-state index contributed by atoms with van der Waals surface area (Å²) in [7, 11) is -3.86. The maximum Gasteiger partial charge on any atom is 0.243 e. The number of nitrogens with one attached hydrogen (secondary N) is 1. The van der Waals surface area contributed by atoms with Gasteiger partial charge in [0.2, 0.25) is 10.0 Å². The van der Waals surface area contributed by atoms with E-state index < -0.39 is 15.8 Å². The Morgan fingerprint density at radius 2 is 1.90 bits per heavy atom. The van der Waals surface area contributed by atoms with E-state index in [4.69, 9.17) is 5.73 Å². The number of benzene rings is 1. The maximum atomic E-state index is 13.6. The molecule has 1 aromatic rings. The minimum atomic E-state index is -3.86. The molecule has 1 aliphatic rings. The lowest BCUT2D eigenvalue weighted by molar-refractivity contribution is 0.294. The van der Waals surface area contributed by atoms with Gasteiger partial charge < -0.3 is 5.73 Å². The quantitative estimate of drug-likeness (QED) is 0.873. The Balaban J connectivity index is 2.15. The molecule has 1 aromatic carbocycles. The Kier molecular flexibility index (Phi) is 5.12. The summed E-state index contributed by atoms with van der Waals surface area (Å²) in [6.07, 6.45) is 5.34. The van der Waals surface area contributed by atoms with Gasteiger partial charge in [0.15, 0.2) is 0 Å². The van der Waals surface area contributed by atoms with Crippen LogP contribution in [0.1, 0.15) is 32.1 Å². The lowest BCUT2D eigenvalue weighted by Crippen LogP contribution is -2.45. The van der Waals surface area contributed by atoms with Crippen molar-refractivity contribution < 1.29 is 12.8 Å². The van der Waals surface area contributed by atoms with Crippen LogP contribution in [0, 0.1) is 11.7 Å². The Bertz CT molecular complexity index is 542. The smallest absolute Gasteiger partial charge is 0.243 e. The van der Waals surface area contributed by atoms with Crippen LogP contribution in [0.4, 0.5) is 4.39 Å². The van der Waals surface area contributed by atoms with Crippen molar-refractivity contribution >= 4 is 10.0 Å². The van der Waals surface area contributed by atoms with Gasteiger partial charge in [-0.15, -0.1) is 0 Å². The van der Waals surface area contributed by atoms with Crippen LogP contribution < -0.4 is 10.5 Å². The fourth-order valence-electron chi connectivity index (χ4n) is 2.80. The third-order valence-electron chi connectivity index (χ3n) is 3.91. The first-order chi connectivity index (χ1) is 9.54. The van der Waals surface area contributed by atoms with Crippen molar-refractivity contribution in [2.45, 2.75) is 43.0 Å². The summed E-state index contributed by atoms with van der Waals surface area (Å²) >= 11 is 0. The molecular formula is C14H21FN2O2S. The molecule has 6 heteroatoms. The molecular weight excluding hydrogens is 279 g/mol. The third kappa shape index (κ3) is 3.56. The highest BCUT2D eigenvalue weighted by molar-refractivity contribution is 7.89. The van der Waals surface area contributed by atoms with Crippen molar-refractivity contribution in [3.05, 3.63) is 30.1 Å². The number of hydrogen-bond acceptors (Lipinski definition) is 3. The monoisotopic (exact) mass is 300 g/mol. The van der Waals surface area contributed by atoms with Gasteiger partial charge in [0.1, 0.15) is 10.7 Å². The summed E-state index contributed by atoms with van der Waals surface area (Å²) in [6.45, 7) is 0.234. The molecule has 0 spiro atoms. The molecule has 1 aliphatic carbocycles. The predicted octanol–water partition coefficient (Wildman–Crippen LogP) is 2.01. The van der Waals surface area contributed by atoms with Gasteiger partial charge in [0, 0.05) is 12.6 Å². The van der Waals surface area contributed by atoms with Crippen LogP contribution in [0.3, 0.4) is 0 Å². The molecule has 2 rings (SSSR count). The van der Waals surface area contributed by atoms with Crippen LogP contribution in [0.2, 0.25) is 0 Å². The average Bonchev–Trinajstić information content (AvgIpc) is 2.46. The van der Waals surface area contributed by atoms with Crippen molar-refractivity contribution in [3.8, 4) is 0 Å². The van der Waals surface area contributed by atoms with Crippen LogP contribution in [0.15, 0.2) is 29.2 Å². The Labute approximate surface area is 119 Å². The highest BCUT2D eigenvalue weighted by atomic mass is 32.2. The summed E-state index contributed by atoms with van der Waals surface area (Å²) in [5.74, 6) is -0.491. The molecule has 3 N–H and O–H groups in total. The van der Waals surface area contributed by atoms with E-state index in [0.29, 0.717) is 0 Å². The number of rotatable bonds is 5. The molecule has 0 aliphatic heterocycles. The summed E-state index contributed by atoms with van der Waals surface area (Å²) in [5.41, 5.74) is 5.71.